The van der Waals surface area contributed by atoms with E-state index in [-0.39, 0.29) is 5.97 Å². The molecule has 0 aliphatic heterocycles. The second-order valence-corrected chi connectivity index (χ2v) is 3.68. The summed E-state index contributed by atoms with van der Waals surface area (Å²) in [6, 6.07) is 7.93. The molecule has 2 nitrogen and oxygen atoms in total. The van der Waals surface area contributed by atoms with Crippen molar-refractivity contribution < 1.29 is 9.53 Å². The van der Waals surface area contributed by atoms with Crippen molar-refractivity contribution in [2.75, 3.05) is 12.9 Å². The molecule has 0 saturated carbocycles. The fraction of sp³-hybridized carbons (Fsp3) is 0.250. The third-order valence-corrected chi connectivity index (χ3v) is 2.64. The number of thioether (sulfide) groups is 1. The summed E-state index contributed by atoms with van der Waals surface area (Å²) in [7, 11) is 0. The lowest BCUT2D eigenvalue weighted by Gasteiger charge is -2.01. The van der Waals surface area contributed by atoms with Gasteiger partial charge in [0, 0.05) is 11.0 Å². The Labute approximate surface area is 94.3 Å². The summed E-state index contributed by atoms with van der Waals surface area (Å²) in [6.45, 7) is 2.20. The molecular weight excluding hydrogens is 208 g/mol. The number of rotatable bonds is 4. The lowest BCUT2D eigenvalue weighted by molar-refractivity contribution is -0.137. The van der Waals surface area contributed by atoms with E-state index in [4.69, 9.17) is 4.74 Å². The zero-order valence-corrected chi connectivity index (χ0v) is 9.71. The highest BCUT2D eigenvalue weighted by atomic mass is 32.2. The predicted octanol–water partition coefficient (Wildman–Crippen LogP) is 2.98. The average molecular weight is 222 g/mol. The average Bonchev–Trinajstić information content (AvgIpc) is 2.27. The Balaban J connectivity index is 2.75. The highest BCUT2D eigenvalue weighted by molar-refractivity contribution is 7.98. The van der Waals surface area contributed by atoms with Gasteiger partial charge in [-0.25, -0.2) is 4.79 Å². The fourth-order valence-corrected chi connectivity index (χ4v) is 1.74. The first-order valence-electron chi connectivity index (χ1n) is 4.75. The van der Waals surface area contributed by atoms with E-state index in [1.807, 2.05) is 30.5 Å². The van der Waals surface area contributed by atoms with Crippen molar-refractivity contribution in [3.8, 4) is 0 Å². The Morgan fingerprint density at radius 2 is 2.20 bits per heavy atom. The normalized spacial score (nSPS) is 10.5. The van der Waals surface area contributed by atoms with Crippen LogP contribution in [0.25, 0.3) is 6.08 Å². The lowest BCUT2D eigenvalue weighted by Crippen LogP contribution is -1.98. The van der Waals surface area contributed by atoms with E-state index in [1.165, 1.54) is 6.08 Å². The van der Waals surface area contributed by atoms with Gasteiger partial charge in [0.05, 0.1) is 6.61 Å². The molecule has 1 rings (SSSR count). The van der Waals surface area contributed by atoms with Crippen molar-refractivity contribution in [3.05, 3.63) is 35.9 Å². The quantitative estimate of drug-likeness (QED) is 0.445. The van der Waals surface area contributed by atoms with Crippen LogP contribution in [-0.2, 0) is 9.53 Å². The van der Waals surface area contributed by atoms with Gasteiger partial charge in [0.1, 0.15) is 0 Å². The maximum atomic E-state index is 11.1. The van der Waals surface area contributed by atoms with E-state index >= 15 is 0 Å². The van der Waals surface area contributed by atoms with Crippen LogP contribution in [-0.4, -0.2) is 18.8 Å². The van der Waals surface area contributed by atoms with E-state index in [2.05, 4.69) is 0 Å². The summed E-state index contributed by atoms with van der Waals surface area (Å²) >= 11 is 1.66. The standard InChI is InChI=1S/C12H14O2S/c1-3-14-12(13)9-8-10-6-4-5-7-11(10)15-2/h4-9H,3H2,1-2H3. The van der Waals surface area contributed by atoms with Crippen molar-refractivity contribution in [1.29, 1.82) is 0 Å². The molecule has 0 heterocycles. The first-order chi connectivity index (χ1) is 7.27. The van der Waals surface area contributed by atoms with Gasteiger partial charge >= 0.3 is 5.97 Å². The van der Waals surface area contributed by atoms with Gasteiger partial charge in [0.15, 0.2) is 0 Å². The smallest absolute Gasteiger partial charge is 0.330 e. The van der Waals surface area contributed by atoms with E-state index in [0.717, 1.165) is 10.5 Å². The van der Waals surface area contributed by atoms with E-state index in [1.54, 1.807) is 24.8 Å². The molecule has 0 radical (unpaired) electrons. The third-order valence-electron chi connectivity index (χ3n) is 1.82. The number of hydrogen-bond donors (Lipinski definition) is 0. The van der Waals surface area contributed by atoms with Crippen molar-refractivity contribution in [2.45, 2.75) is 11.8 Å². The lowest BCUT2D eigenvalue weighted by atomic mass is 10.2. The van der Waals surface area contributed by atoms with Gasteiger partial charge in [-0.3, -0.25) is 0 Å². The molecular formula is C12H14O2S. The molecule has 0 N–H and O–H groups in total. The minimum Gasteiger partial charge on any atom is -0.463 e. The largest absolute Gasteiger partial charge is 0.463 e. The van der Waals surface area contributed by atoms with Crippen molar-refractivity contribution >= 4 is 23.8 Å². The number of carbonyl (C=O) groups is 1. The summed E-state index contributed by atoms with van der Waals surface area (Å²) < 4.78 is 4.80. The fourth-order valence-electron chi connectivity index (χ4n) is 1.15. The van der Waals surface area contributed by atoms with Crippen LogP contribution in [0.5, 0.6) is 0 Å². The Bertz CT molecular complexity index is 358. The van der Waals surface area contributed by atoms with Gasteiger partial charge in [-0.15, -0.1) is 11.8 Å². The Hall–Kier alpha value is -1.22. The zero-order valence-electron chi connectivity index (χ0n) is 8.90. The molecule has 1 aromatic rings. The second kappa shape index (κ2) is 6.30. The Morgan fingerprint density at radius 1 is 1.47 bits per heavy atom. The van der Waals surface area contributed by atoms with Gasteiger partial charge in [0.2, 0.25) is 0 Å². The Morgan fingerprint density at radius 3 is 2.87 bits per heavy atom. The summed E-state index contributed by atoms with van der Waals surface area (Å²) in [5.41, 5.74) is 1.04. The molecule has 0 saturated heterocycles. The first kappa shape index (κ1) is 11.9. The van der Waals surface area contributed by atoms with E-state index in [9.17, 15) is 4.79 Å². The van der Waals surface area contributed by atoms with Crippen molar-refractivity contribution in [3.63, 3.8) is 0 Å². The van der Waals surface area contributed by atoms with Crippen LogP contribution in [0, 0.1) is 0 Å². The van der Waals surface area contributed by atoms with Crippen LogP contribution in [0.3, 0.4) is 0 Å². The molecule has 1 aromatic carbocycles. The third kappa shape index (κ3) is 3.80. The summed E-state index contributed by atoms with van der Waals surface area (Å²) in [6.07, 6.45) is 5.25. The number of esters is 1. The van der Waals surface area contributed by atoms with Gasteiger partial charge in [-0.1, -0.05) is 18.2 Å². The highest BCUT2D eigenvalue weighted by Gasteiger charge is 1.98. The van der Waals surface area contributed by atoms with Crippen LogP contribution in [0.1, 0.15) is 12.5 Å². The number of benzene rings is 1. The first-order valence-corrected chi connectivity index (χ1v) is 5.98. The summed E-state index contributed by atoms with van der Waals surface area (Å²) in [4.78, 5) is 12.3. The number of hydrogen-bond acceptors (Lipinski definition) is 3. The topological polar surface area (TPSA) is 26.3 Å². The van der Waals surface area contributed by atoms with Crippen LogP contribution < -0.4 is 0 Å². The monoisotopic (exact) mass is 222 g/mol. The highest BCUT2D eigenvalue weighted by Crippen LogP contribution is 2.20. The van der Waals surface area contributed by atoms with Crippen LogP contribution in [0.2, 0.25) is 0 Å². The van der Waals surface area contributed by atoms with Gasteiger partial charge < -0.3 is 4.74 Å². The van der Waals surface area contributed by atoms with Crippen LogP contribution in [0.4, 0.5) is 0 Å². The number of carbonyl (C=O) groups excluding carboxylic acids is 1. The molecule has 0 unspecified atom stereocenters. The minimum atomic E-state index is -0.298. The van der Waals surface area contributed by atoms with E-state index in [0.29, 0.717) is 6.61 Å². The number of ether oxygens (including phenoxy) is 1. The van der Waals surface area contributed by atoms with Crippen molar-refractivity contribution in [2.24, 2.45) is 0 Å². The predicted molar refractivity (Wildman–Crippen MR) is 63.9 cm³/mol. The van der Waals surface area contributed by atoms with Crippen molar-refractivity contribution in [1.82, 2.24) is 0 Å². The molecule has 0 aliphatic carbocycles. The van der Waals surface area contributed by atoms with Crippen LogP contribution in [0.15, 0.2) is 35.2 Å². The second-order valence-electron chi connectivity index (χ2n) is 2.83. The van der Waals surface area contributed by atoms with Gasteiger partial charge in [-0.2, -0.15) is 0 Å². The molecule has 0 fully saturated rings. The molecule has 80 valence electrons. The molecule has 15 heavy (non-hydrogen) atoms. The van der Waals surface area contributed by atoms with Crippen LogP contribution >= 0.6 is 11.8 Å². The summed E-state index contributed by atoms with van der Waals surface area (Å²) in [5.74, 6) is -0.298. The Kier molecular flexibility index (Phi) is 4.98. The van der Waals surface area contributed by atoms with Gasteiger partial charge in [0.25, 0.3) is 0 Å². The van der Waals surface area contributed by atoms with E-state index < -0.39 is 0 Å². The SMILES string of the molecule is CCOC(=O)C=Cc1ccccc1SC. The molecule has 0 aliphatic rings. The molecule has 0 aromatic heterocycles. The molecule has 0 atom stereocenters. The zero-order chi connectivity index (χ0) is 11.1. The molecule has 3 heteroatoms. The summed E-state index contributed by atoms with van der Waals surface area (Å²) in [5, 5.41) is 0. The maximum Gasteiger partial charge on any atom is 0.330 e. The molecule has 0 spiro atoms. The maximum absolute atomic E-state index is 11.1. The minimum absolute atomic E-state index is 0.298. The molecule has 0 amide bonds. The molecule has 0 bridgehead atoms. The van der Waals surface area contributed by atoms with Gasteiger partial charge in [-0.05, 0) is 30.9 Å².